The molecule has 134 valence electrons. The van der Waals surface area contributed by atoms with Crippen molar-refractivity contribution in [2.45, 2.75) is 0 Å². The zero-order valence-corrected chi connectivity index (χ0v) is 15.7. The van der Waals surface area contributed by atoms with Crippen molar-refractivity contribution < 1.29 is 9.59 Å². The zero-order valence-electron chi connectivity index (χ0n) is 14.2. The van der Waals surface area contributed by atoms with E-state index in [1.54, 1.807) is 30.3 Å². The van der Waals surface area contributed by atoms with Crippen molar-refractivity contribution in [2.24, 2.45) is 0 Å². The minimum Gasteiger partial charge on any atom is -0.341 e. The van der Waals surface area contributed by atoms with Gasteiger partial charge in [0.25, 0.3) is 11.8 Å². The minimum absolute atomic E-state index is 0.216. The standard InChI is InChI=1S/C21H15ClN2O2S/c22-17-11-10-16(14-18(17)24-21(26)19-9-5-13-27-19)20(25)23-12-4-8-15-6-2-1-3-7-15/h1-3,5-7,9-11,13-14H,12H2,(H,23,25)(H,24,26). The van der Waals surface area contributed by atoms with E-state index in [1.165, 1.54) is 11.3 Å². The summed E-state index contributed by atoms with van der Waals surface area (Å²) in [5, 5.41) is 7.64. The number of nitrogens with one attached hydrogen (secondary N) is 2. The number of carbonyl (C=O) groups excluding carboxylic acids is 2. The van der Waals surface area contributed by atoms with Crippen LogP contribution in [-0.2, 0) is 0 Å². The number of hydrogen-bond donors (Lipinski definition) is 2. The van der Waals surface area contributed by atoms with Gasteiger partial charge in [0.15, 0.2) is 0 Å². The van der Waals surface area contributed by atoms with E-state index in [2.05, 4.69) is 22.5 Å². The summed E-state index contributed by atoms with van der Waals surface area (Å²) in [4.78, 5) is 25.0. The summed E-state index contributed by atoms with van der Waals surface area (Å²) < 4.78 is 0. The van der Waals surface area contributed by atoms with Crippen LogP contribution in [0.4, 0.5) is 5.69 Å². The van der Waals surface area contributed by atoms with E-state index in [9.17, 15) is 9.59 Å². The first-order chi connectivity index (χ1) is 13.1. The highest BCUT2D eigenvalue weighted by atomic mass is 35.5. The van der Waals surface area contributed by atoms with Crippen molar-refractivity contribution in [3.63, 3.8) is 0 Å². The highest BCUT2D eigenvalue weighted by Gasteiger charge is 2.12. The van der Waals surface area contributed by atoms with Crippen molar-refractivity contribution in [1.29, 1.82) is 0 Å². The van der Waals surface area contributed by atoms with E-state index in [0.717, 1.165) is 5.56 Å². The lowest BCUT2D eigenvalue weighted by Gasteiger charge is -2.08. The molecule has 3 aromatic rings. The zero-order chi connectivity index (χ0) is 19.1. The predicted octanol–water partition coefficient (Wildman–Crippen LogP) is 4.44. The Balaban J connectivity index is 1.63. The third-order valence-corrected chi connectivity index (χ3v) is 4.76. The van der Waals surface area contributed by atoms with Crippen LogP contribution in [0.2, 0.25) is 5.02 Å². The van der Waals surface area contributed by atoms with Crippen LogP contribution in [0.5, 0.6) is 0 Å². The Hall–Kier alpha value is -3.07. The van der Waals surface area contributed by atoms with Gasteiger partial charge in [0.1, 0.15) is 0 Å². The third-order valence-electron chi connectivity index (χ3n) is 3.57. The second-order valence-electron chi connectivity index (χ2n) is 5.48. The maximum absolute atomic E-state index is 12.3. The molecule has 4 nitrogen and oxygen atoms in total. The molecule has 3 rings (SSSR count). The van der Waals surface area contributed by atoms with Gasteiger partial charge in [-0.15, -0.1) is 11.3 Å². The number of anilines is 1. The predicted molar refractivity (Wildman–Crippen MR) is 109 cm³/mol. The van der Waals surface area contributed by atoms with Gasteiger partial charge in [-0.25, -0.2) is 0 Å². The van der Waals surface area contributed by atoms with Crippen molar-refractivity contribution in [3.8, 4) is 11.8 Å². The van der Waals surface area contributed by atoms with E-state index in [1.807, 2.05) is 35.7 Å². The van der Waals surface area contributed by atoms with Crippen molar-refractivity contribution in [1.82, 2.24) is 5.32 Å². The van der Waals surface area contributed by atoms with E-state index in [4.69, 9.17) is 11.6 Å². The average molecular weight is 395 g/mol. The monoisotopic (exact) mass is 394 g/mol. The molecule has 0 bridgehead atoms. The van der Waals surface area contributed by atoms with Gasteiger partial charge in [0.05, 0.1) is 22.1 Å². The molecule has 2 N–H and O–H groups in total. The van der Waals surface area contributed by atoms with Gasteiger partial charge in [0, 0.05) is 11.1 Å². The molecule has 0 aliphatic heterocycles. The lowest BCUT2D eigenvalue weighted by molar-refractivity contribution is 0.0957. The lowest BCUT2D eigenvalue weighted by atomic mass is 10.2. The van der Waals surface area contributed by atoms with E-state index >= 15 is 0 Å². The van der Waals surface area contributed by atoms with Crippen molar-refractivity contribution >= 4 is 40.4 Å². The van der Waals surface area contributed by atoms with E-state index in [-0.39, 0.29) is 18.4 Å². The topological polar surface area (TPSA) is 58.2 Å². The Morgan fingerprint density at radius 2 is 1.81 bits per heavy atom. The Kier molecular flexibility index (Phi) is 6.26. The van der Waals surface area contributed by atoms with Gasteiger partial charge in [-0.2, -0.15) is 0 Å². The Morgan fingerprint density at radius 3 is 2.56 bits per heavy atom. The van der Waals surface area contributed by atoms with Crippen LogP contribution in [0.25, 0.3) is 0 Å². The van der Waals surface area contributed by atoms with Gasteiger partial charge in [-0.05, 0) is 41.8 Å². The van der Waals surface area contributed by atoms with Gasteiger partial charge < -0.3 is 10.6 Å². The van der Waals surface area contributed by atoms with Gasteiger partial charge >= 0.3 is 0 Å². The minimum atomic E-state index is -0.291. The molecule has 0 unspecified atom stereocenters. The van der Waals surface area contributed by atoms with Gasteiger partial charge in [-0.3, -0.25) is 9.59 Å². The van der Waals surface area contributed by atoms with E-state index < -0.39 is 0 Å². The molecule has 1 heterocycles. The molecule has 0 spiro atoms. The highest BCUT2D eigenvalue weighted by Crippen LogP contribution is 2.24. The molecule has 1 aromatic heterocycles. The molecule has 2 amide bonds. The molecule has 0 aliphatic rings. The van der Waals surface area contributed by atoms with Gasteiger partial charge in [0.2, 0.25) is 0 Å². The quantitative estimate of drug-likeness (QED) is 0.643. The summed E-state index contributed by atoms with van der Waals surface area (Å²) in [6, 6.07) is 17.8. The number of thiophene rings is 1. The fraction of sp³-hybridized carbons (Fsp3) is 0.0476. The first kappa shape index (κ1) is 18.7. The molecule has 6 heteroatoms. The third kappa shape index (κ3) is 5.20. The number of amides is 2. The molecule has 2 aromatic carbocycles. The molecular weight excluding hydrogens is 380 g/mol. The summed E-state index contributed by atoms with van der Waals surface area (Å²) in [6.07, 6.45) is 0. The summed E-state index contributed by atoms with van der Waals surface area (Å²) in [7, 11) is 0. The Bertz CT molecular complexity index is 1010. The summed E-state index contributed by atoms with van der Waals surface area (Å²) in [5.41, 5.74) is 1.66. The number of rotatable bonds is 4. The maximum Gasteiger partial charge on any atom is 0.265 e. The first-order valence-electron chi connectivity index (χ1n) is 8.10. The smallest absolute Gasteiger partial charge is 0.265 e. The molecule has 0 radical (unpaired) electrons. The van der Waals surface area contributed by atoms with Crippen molar-refractivity contribution in [2.75, 3.05) is 11.9 Å². The second kappa shape index (κ2) is 9.04. The van der Waals surface area contributed by atoms with Gasteiger partial charge in [-0.1, -0.05) is 47.7 Å². The fourth-order valence-corrected chi connectivity index (χ4v) is 3.03. The van der Waals surface area contributed by atoms with Crippen molar-refractivity contribution in [3.05, 3.63) is 87.1 Å². The van der Waals surface area contributed by atoms with E-state index in [0.29, 0.717) is 21.2 Å². The number of carbonyl (C=O) groups is 2. The SMILES string of the molecule is O=C(NCC#Cc1ccccc1)c1ccc(Cl)c(NC(=O)c2cccs2)c1. The van der Waals surface area contributed by atoms with Crippen LogP contribution >= 0.6 is 22.9 Å². The average Bonchev–Trinajstić information content (AvgIpc) is 3.22. The summed E-state index contributed by atoms with van der Waals surface area (Å²) in [5.74, 6) is 5.32. The second-order valence-corrected chi connectivity index (χ2v) is 6.83. The first-order valence-corrected chi connectivity index (χ1v) is 9.36. The number of halogens is 1. The van der Waals surface area contributed by atoms with Crippen LogP contribution in [0.15, 0.2) is 66.0 Å². The Labute approximate surface area is 166 Å². The molecular formula is C21H15ClN2O2S. The largest absolute Gasteiger partial charge is 0.341 e. The van der Waals surface area contributed by atoms with Crippen LogP contribution < -0.4 is 10.6 Å². The maximum atomic E-state index is 12.3. The van der Waals surface area contributed by atoms with Crippen LogP contribution in [0, 0.1) is 11.8 Å². The number of benzene rings is 2. The molecule has 27 heavy (non-hydrogen) atoms. The Morgan fingerprint density at radius 1 is 1.00 bits per heavy atom. The molecule has 0 fully saturated rings. The van der Waals surface area contributed by atoms with Crippen LogP contribution in [-0.4, -0.2) is 18.4 Å². The van der Waals surface area contributed by atoms with Crippen LogP contribution in [0.1, 0.15) is 25.6 Å². The molecule has 0 saturated carbocycles. The van der Waals surface area contributed by atoms with Crippen LogP contribution in [0.3, 0.4) is 0 Å². The fourth-order valence-electron chi connectivity index (χ4n) is 2.25. The number of hydrogen-bond acceptors (Lipinski definition) is 3. The summed E-state index contributed by atoms with van der Waals surface area (Å²) >= 11 is 7.46. The lowest BCUT2D eigenvalue weighted by Crippen LogP contribution is -2.23. The molecule has 0 saturated heterocycles. The normalized spacial score (nSPS) is 9.81. The summed E-state index contributed by atoms with van der Waals surface area (Å²) in [6.45, 7) is 0.216. The highest BCUT2D eigenvalue weighted by molar-refractivity contribution is 7.12. The molecule has 0 atom stereocenters. The molecule has 0 aliphatic carbocycles.